The van der Waals surface area contributed by atoms with Crippen molar-refractivity contribution in [3.05, 3.63) is 53.2 Å². The van der Waals surface area contributed by atoms with Gasteiger partial charge in [0, 0.05) is 63.0 Å². The number of nitrogens with zero attached hydrogens (tertiary/aromatic N) is 6. The third kappa shape index (κ3) is 3.81. The molecule has 2 aromatic heterocycles. The van der Waals surface area contributed by atoms with E-state index in [1.165, 1.54) is 11.3 Å². The summed E-state index contributed by atoms with van der Waals surface area (Å²) in [5.74, 6) is 1.02. The normalized spacial score (nSPS) is 26.1. The van der Waals surface area contributed by atoms with Crippen LogP contribution in [0.15, 0.2) is 36.4 Å². The summed E-state index contributed by atoms with van der Waals surface area (Å²) < 4.78 is 5.61. The Morgan fingerprint density at radius 1 is 1.08 bits per heavy atom. The number of nitrogens with two attached hydrogens (primary N) is 1. The van der Waals surface area contributed by atoms with Crippen LogP contribution in [0.4, 0.5) is 11.5 Å². The molecule has 0 bridgehead atoms. The summed E-state index contributed by atoms with van der Waals surface area (Å²) in [7, 11) is 3.71. The first-order valence-electron chi connectivity index (χ1n) is 12.8. The SMILES string of the molecule is Bc1ccc2c(N3C[C@@H](C)N4Cc5nc(N6CC[C@@H](N)[C@H](OC)C6)ccc5[C@H]4C3)ccc(C#N)c2n1. The van der Waals surface area contributed by atoms with E-state index >= 15 is 0 Å². The van der Waals surface area contributed by atoms with Crippen molar-refractivity contribution < 1.29 is 4.74 Å². The number of nitriles is 1. The van der Waals surface area contributed by atoms with Crippen molar-refractivity contribution in [2.45, 2.75) is 44.1 Å². The fourth-order valence-electron chi connectivity index (χ4n) is 6.20. The van der Waals surface area contributed by atoms with Crippen LogP contribution < -0.4 is 21.1 Å². The minimum atomic E-state index is 0.0363. The molecule has 9 heteroatoms. The van der Waals surface area contributed by atoms with E-state index in [1.54, 1.807) is 7.11 Å². The molecular formula is C27H32BN7O. The molecule has 3 aliphatic heterocycles. The van der Waals surface area contributed by atoms with Crippen LogP contribution in [0.3, 0.4) is 0 Å². The highest BCUT2D eigenvalue weighted by Gasteiger charge is 2.40. The predicted octanol–water partition coefficient (Wildman–Crippen LogP) is 1.08. The first-order chi connectivity index (χ1) is 17.5. The van der Waals surface area contributed by atoms with Crippen molar-refractivity contribution in [3.8, 4) is 6.07 Å². The summed E-state index contributed by atoms with van der Waals surface area (Å²) in [6.07, 6.45) is 0.944. The monoisotopic (exact) mass is 481 g/mol. The lowest BCUT2D eigenvalue weighted by Crippen LogP contribution is -2.51. The number of hydrogen-bond acceptors (Lipinski definition) is 8. The van der Waals surface area contributed by atoms with E-state index < -0.39 is 0 Å². The molecule has 0 radical (unpaired) electrons. The van der Waals surface area contributed by atoms with Gasteiger partial charge in [-0.2, -0.15) is 5.26 Å². The van der Waals surface area contributed by atoms with Crippen LogP contribution in [-0.4, -0.2) is 74.2 Å². The Kier molecular flexibility index (Phi) is 5.83. The van der Waals surface area contributed by atoms with Crippen LogP contribution in [0.1, 0.15) is 36.2 Å². The molecule has 36 heavy (non-hydrogen) atoms. The Morgan fingerprint density at radius 2 is 1.94 bits per heavy atom. The number of aromatic nitrogens is 2. The summed E-state index contributed by atoms with van der Waals surface area (Å²) >= 11 is 0. The highest BCUT2D eigenvalue weighted by molar-refractivity contribution is 6.31. The largest absolute Gasteiger partial charge is 0.378 e. The molecule has 8 nitrogen and oxygen atoms in total. The van der Waals surface area contributed by atoms with Crippen molar-refractivity contribution in [1.29, 1.82) is 5.26 Å². The molecule has 3 aromatic rings. The lowest BCUT2D eigenvalue weighted by molar-refractivity contribution is 0.0728. The summed E-state index contributed by atoms with van der Waals surface area (Å²) in [4.78, 5) is 17.2. The van der Waals surface area contributed by atoms with Gasteiger partial charge in [-0.3, -0.25) is 9.88 Å². The second-order valence-electron chi connectivity index (χ2n) is 10.4. The van der Waals surface area contributed by atoms with Crippen molar-refractivity contribution in [2.75, 3.05) is 43.1 Å². The standard InChI is InChI=1S/C27H32BN7O/c1-16-12-34(22-6-3-17(11-29)27-19(22)4-7-25(28)32-27)14-23-18-5-8-26(31-21(18)13-35(16)23)33-10-9-20(30)24(15-33)36-2/h3-8,16,20,23-24H,9-10,12-15,28,30H2,1-2H3/t16-,20-,23-,24-/m1/s1. The molecule has 2 saturated heterocycles. The molecule has 4 atom stereocenters. The average molecular weight is 481 g/mol. The Morgan fingerprint density at radius 3 is 2.75 bits per heavy atom. The van der Waals surface area contributed by atoms with Crippen molar-refractivity contribution in [2.24, 2.45) is 5.73 Å². The summed E-state index contributed by atoms with van der Waals surface area (Å²) in [5.41, 5.74) is 12.2. The van der Waals surface area contributed by atoms with Crippen LogP contribution in [0.2, 0.25) is 0 Å². The Balaban J connectivity index is 1.30. The minimum Gasteiger partial charge on any atom is -0.378 e. The highest BCUT2D eigenvalue weighted by Crippen LogP contribution is 2.41. The van der Waals surface area contributed by atoms with E-state index in [-0.39, 0.29) is 18.2 Å². The number of piperidine rings is 1. The maximum absolute atomic E-state index is 9.63. The number of fused-ring (bicyclic) bond motifs is 4. The molecule has 2 N–H and O–H groups in total. The van der Waals surface area contributed by atoms with Crippen LogP contribution in [0, 0.1) is 11.3 Å². The fraction of sp³-hybridized carbons (Fsp3) is 0.444. The van der Waals surface area contributed by atoms with Gasteiger partial charge in [0.2, 0.25) is 0 Å². The zero-order chi connectivity index (χ0) is 25.0. The first kappa shape index (κ1) is 23.2. The van der Waals surface area contributed by atoms with Crippen molar-refractivity contribution >= 4 is 35.8 Å². The second-order valence-corrected chi connectivity index (χ2v) is 10.4. The van der Waals surface area contributed by atoms with Gasteiger partial charge in [0.25, 0.3) is 0 Å². The van der Waals surface area contributed by atoms with Gasteiger partial charge >= 0.3 is 0 Å². The molecule has 0 aliphatic carbocycles. The zero-order valence-electron chi connectivity index (χ0n) is 21.2. The molecule has 2 fully saturated rings. The number of anilines is 2. The fourth-order valence-corrected chi connectivity index (χ4v) is 6.20. The Bertz CT molecular complexity index is 1360. The Hall–Kier alpha value is -3.19. The number of piperazine rings is 1. The molecular weight excluding hydrogens is 449 g/mol. The van der Waals surface area contributed by atoms with Gasteiger partial charge in [-0.15, -0.1) is 0 Å². The number of rotatable bonds is 3. The zero-order valence-corrected chi connectivity index (χ0v) is 21.2. The molecule has 0 amide bonds. The van der Waals surface area contributed by atoms with Gasteiger partial charge in [-0.05, 0) is 48.8 Å². The van der Waals surface area contributed by atoms with Gasteiger partial charge in [0.1, 0.15) is 11.9 Å². The maximum Gasteiger partial charge on any atom is 0.163 e. The summed E-state index contributed by atoms with van der Waals surface area (Å²) in [6.45, 7) is 6.67. The van der Waals surface area contributed by atoms with Gasteiger partial charge in [-0.1, -0.05) is 12.1 Å². The first-order valence-corrected chi connectivity index (χ1v) is 12.8. The van der Waals surface area contributed by atoms with Crippen LogP contribution in [-0.2, 0) is 11.3 Å². The Labute approximate surface area is 213 Å². The van der Waals surface area contributed by atoms with Gasteiger partial charge in [0.05, 0.1) is 28.9 Å². The molecule has 1 aromatic carbocycles. The summed E-state index contributed by atoms with van der Waals surface area (Å²) in [6, 6.07) is 15.6. The molecule has 0 spiro atoms. The molecule has 184 valence electrons. The average Bonchev–Trinajstić information content (AvgIpc) is 3.26. The third-order valence-electron chi connectivity index (χ3n) is 8.20. The molecule has 6 rings (SSSR count). The predicted molar refractivity (Wildman–Crippen MR) is 144 cm³/mol. The lowest BCUT2D eigenvalue weighted by atomic mass is 9.98. The smallest absolute Gasteiger partial charge is 0.163 e. The molecule has 0 saturated carbocycles. The van der Waals surface area contributed by atoms with E-state index in [0.717, 1.165) is 67.1 Å². The highest BCUT2D eigenvalue weighted by atomic mass is 16.5. The lowest BCUT2D eigenvalue weighted by Gasteiger charge is -2.43. The number of ether oxygens (including phenoxy) is 1. The molecule has 3 aliphatic rings. The summed E-state index contributed by atoms with van der Waals surface area (Å²) in [5, 5.41) is 10.7. The number of hydrogen-bond donors (Lipinski definition) is 1. The topological polar surface area (TPSA) is 94.5 Å². The van der Waals surface area contributed by atoms with Gasteiger partial charge < -0.3 is 20.3 Å². The molecule has 0 unspecified atom stereocenters. The van der Waals surface area contributed by atoms with Gasteiger partial charge in [-0.25, -0.2) is 4.98 Å². The van der Waals surface area contributed by atoms with E-state index in [1.807, 2.05) is 20.0 Å². The van der Waals surface area contributed by atoms with Gasteiger partial charge in [0.15, 0.2) is 7.85 Å². The second kappa shape index (κ2) is 9.04. The maximum atomic E-state index is 9.63. The van der Waals surface area contributed by atoms with E-state index in [2.05, 4.69) is 52.0 Å². The number of methoxy groups -OCH3 is 1. The van der Waals surface area contributed by atoms with E-state index in [0.29, 0.717) is 11.6 Å². The number of benzene rings is 1. The van der Waals surface area contributed by atoms with Crippen LogP contribution >= 0.6 is 0 Å². The van der Waals surface area contributed by atoms with Crippen LogP contribution in [0.5, 0.6) is 0 Å². The quantitative estimate of drug-likeness (QED) is 0.556. The van der Waals surface area contributed by atoms with Crippen LogP contribution in [0.25, 0.3) is 10.9 Å². The van der Waals surface area contributed by atoms with E-state index in [9.17, 15) is 5.26 Å². The van der Waals surface area contributed by atoms with Crippen molar-refractivity contribution in [3.63, 3.8) is 0 Å². The van der Waals surface area contributed by atoms with E-state index in [4.69, 9.17) is 20.4 Å². The minimum absolute atomic E-state index is 0.0363. The van der Waals surface area contributed by atoms with Crippen molar-refractivity contribution in [1.82, 2.24) is 14.9 Å². The number of pyridine rings is 2. The molecule has 5 heterocycles. The third-order valence-corrected chi connectivity index (χ3v) is 8.20.